The number of hydrogen-bond acceptors (Lipinski definition) is 4. The van der Waals surface area contributed by atoms with Crippen molar-refractivity contribution in [3.8, 4) is 32.4 Å². The van der Waals surface area contributed by atoms with Gasteiger partial charge in [-0.1, -0.05) is 40.2 Å². The lowest BCUT2D eigenvalue weighted by Gasteiger charge is -2.26. The van der Waals surface area contributed by atoms with Crippen LogP contribution in [-0.4, -0.2) is 14.2 Å². The maximum atomic E-state index is 5.36. The van der Waals surface area contributed by atoms with Crippen LogP contribution in [0.2, 0.25) is 0 Å². The van der Waals surface area contributed by atoms with Gasteiger partial charge in [0.1, 0.15) is 11.5 Å². The molecule has 0 saturated heterocycles. The molecule has 174 valence electrons. The summed E-state index contributed by atoms with van der Waals surface area (Å²) in [7, 11) is 3.36. The molecular formula is C30H24BrNO2S. The summed E-state index contributed by atoms with van der Waals surface area (Å²) in [6.07, 6.45) is 0. The molecule has 0 aliphatic carbocycles. The molecule has 0 aliphatic rings. The lowest BCUT2D eigenvalue weighted by Crippen LogP contribution is -2.09. The summed E-state index contributed by atoms with van der Waals surface area (Å²) >= 11 is 5.32. The third-order valence-electron chi connectivity index (χ3n) is 5.81. The van der Waals surface area contributed by atoms with Crippen molar-refractivity contribution in [3.05, 3.63) is 114 Å². The molecule has 5 heteroatoms. The Morgan fingerprint density at radius 2 is 0.886 bits per heavy atom. The highest BCUT2D eigenvalue weighted by molar-refractivity contribution is 9.10. The quantitative estimate of drug-likeness (QED) is 0.205. The highest BCUT2D eigenvalue weighted by atomic mass is 79.9. The summed E-state index contributed by atoms with van der Waals surface area (Å²) in [5, 5.41) is 0. The average molecular weight is 542 g/mol. The summed E-state index contributed by atoms with van der Waals surface area (Å²) in [4.78, 5) is 4.73. The Labute approximate surface area is 218 Å². The minimum Gasteiger partial charge on any atom is -0.497 e. The zero-order chi connectivity index (χ0) is 24.2. The fraction of sp³-hybridized carbons (Fsp3) is 0.0667. The first-order chi connectivity index (χ1) is 17.1. The Kier molecular flexibility index (Phi) is 6.89. The number of methoxy groups -OCH3 is 2. The molecule has 4 aromatic carbocycles. The van der Waals surface area contributed by atoms with E-state index in [4.69, 9.17) is 9.47 Å². The van der Waals surface area contributed by atoms with Gasteiger partial charge >= 0.3 is 0 Å². The fourth-order valence-electron chi connectivity index (χ4n) is 3.95. The number of rotatable bonds is 7. The first-order valence-electron chi connectivity index (χ1n) is 11.2. The zero-order valence-corrected chi connectivity index (χ0v) is 21.8. The molecular weight excluding hydrogens is 518 g/mol. The van der Waals surface area contributed by atoms with E-state index in [9.17, 15) is 0 Å². The van der Waals surface area contributed by atoms with Crippen LogP contribution in [0.5, 0.6) is 11.5 Å². The molecule has 0 unspecified atom stereocenters. The van der Waals surface area contributed by atoms with Crippen molar-refractivity contribution in [1.29, 1.82) is 0 Å². The van der Waals surface area contributed by atoms with Gasteiger partial charge in [0, 0.05) is 31.3 Å². The molecule has 0 amide bonds. The highest BCUT2D eigenvalue weighted by Crippen LogP contribution is 2.39. The summed E-state index contributed by atoms with van der Waals surface area (Å²) in [5.41, 5.74) is 5.61. The van der Waals surface area contributed by atoms with Crippen molar-refractivity contribution in [2.75, 3.05) is 19.1 Å². The molecule has 1 heterocycles. The number of thiophene rings is 1. The van der Waals surface area contributed by atoms with Gasteiger partial charge in [-0.05, 0) is 96.1 Å². The van der Waals surface area contributed by atoms with Gasteiger partial charge in [0.25, 0.3) is 0 Å². The molecule has 5 rings (SSSR count). The molecule has 35 heavy (non-hydrogen) atoms. The van der Waals surface area contributed by atoms with Gasteiger partial charge in [-0.15, -0.1) is 11.3 Å². The predicted molar refractivity (Wildman–Crippen MR) is 151 cm³/mol. The van der Waals surface area contributed by atoms with Crippen LogP contribution >= 0.6 is 27.3 Å². The molecule has 0 bridgehead atoms. The van der Waals surface area contributed by atoms with Gasteiger partial charge in [-0.25, -0.2) is 0 Å². The van der Waals surface area contributed by atoms with Crippen molar-refractivity contribution in [3.63, 3.8) is 0 Å². The molecule has 5 aromatic rings. The minimum atomic E-state index is 0.832. The molecule has 0 saturated carbocycles. The second-order valence-corrected chi connectivity index (χ2v) is 9.95. The lowest BCUT2D eigenvalue weighted by atomic mass is 10.1. The summed E-state index contributed by atoms with van der Waals surface area (Å²) in [6.45, 7) is 0. The van der Waals surface area contributed by atoms with Crippen molar-refractivity contribution in [1.82, 2.24) is 0 Å². The smallest absolute Gasteiger partial charge is 0.119 e. The number of benzene rings is 4. The highest BCUT2D eigenvalue weighted by Gasteiger charge is 2.14. The second-order valence-electron chi connectivity index (χ2n) is 7.95. The first kappa shape index (κ1) is 23.2. The normalized spacial score (nSPS) is 10.7. The van der Waals surface area contributed by atoms with Gasteiger partial charge in [-0.3, -0.25) is 0 Å². The number of anilines is 3. The van der Waals surface area contributed by atoms with Crippen molar-refractivity contribution in [2.24, 2.45) is 0 Å². The summed E-state index contributed by atoms with van der Waals surface area (Å²) in [5.74, 6) is 1.66. The van der Waals surface area contributed by atoms with Crippen LogP contribution in [0.1, 0.15) is 0 Å². The van der Waals surface area contributed by atoms with E-state index in [0.29, 0.717) is 0 Å². The Morgan fingerprint density at radius 3 is 1.29 bits per heavy atom. The van der Waals surface area contributed by atoms with Crippen LogP contribution in [0.4, 0.5) is 17.1 Å². The SMILES string of the molecule is COc1ccc(N(c2ccc(OC)cc2)c2ccc(-c3ccc(-c4ccc(Br)cc4)s3)cc2)cc1. The second kappa shape index (κ2) is 10.4. The predicted octanol–water partition coefficient (Wildman–Crippen LogP) is 9.33. The third-order valence-corrected chi connectivity index (χ3v) is 7.52. The van der Waals surface area contributed by atoms with Gasteiger partial charge in [0.05, 0.1) is 14.2 Å². The summed E-state index contributed by atoms with van der Waals surface area (Å²) < 4.78 is 11.8. The number of nitrogens with zero attached hydrogens (tertiary/aromatic N) is 1. The van der Waals surface area contributed by atoms with E-state index in [1.807, 2.05) is 24.3 Å². The standard InChI is InChI=1S/C30H24BrNO2S/c1-33-27-15-11-25(12-16-27)32(26-13-17-28(34-2)18-14-26)24-9-5-22(6-10-24)30-20-19-29(35-30)21-3-7-23(31)8-4-21/h3-20H,1-2H3. The number of hydrogen-bond donors (Lipinski definition) is 0. The van der Waals surface area contributed by atoms with Crippen LogP contribution in [0.3, 0.4) is 0 Å². The van der Waals surface area contributed by atoms with E-state index >= 15 is 0 Å². The van der Waals surface area contributed by atoms with Crippen molar-refractivity contribution in [2.45, 2.75) is 0 Å². The molecule has 0 fully saturated rings. The third kappa shape index (κ3) is 5.11. The van der Waals surface area contributed by atoms with Gasteiger partial charge in [0.15, 0.2) is 0 Å². The van der Waals surface area contributed by atoms with E-state index in [0.717, 1.165) is 33.0 Å². The fourth-order valence-corrected chi connectivity index (χ4v) is 5.23. The van der Waals surface area contributed by atoms with E-state index < -0.39 is 0 Å². The Morgan fingerprint density at radius 1 is 0.514 bits per heavy atom. The Bertz CT molecular complexity index is 1350. The van der Waals surface area contributed by atoms with Gasteiger partial charge in [-0.2, -0.15) is 0 Å². The van der Waals surface area contributed by atoms with Crippen molar-refractivity contribution < 1.29 is 9.47 Å². The van der Waals surface area contributed by atoms with Crippen LogP contribution in [0, 0.1) is 0 Å². The monoisotopic (exact) mass is 541 g/mol. The molecule has 0 atom stereocenters. The molecule has 3 nitrogen and oxygen atoms in total. The van der Waals surface area contributed by atoms with E-state index in [1.54, 1.807) is 25.6 Å². The molecule has 0 spiro atoms. The van der Waals surface area contributed by atoms with Crippen LogP contribution < -0.4 is 14.4 Å². The van der Waals surface area contributed by atoms with Gasteiger partial charge in [0.2, 0.25) is 0 Å². The molecule has 0 aliphatic heterocycles. The number of halogens is 1. The van der Waals surface area contributed by atoms with E-state index in [-0.39, 0.29) is 0 Å². The zero-order valence-electron chi connectivity index (χ0n) is 19.4. The topological polar surface area (TPSA) is 21.7 Å². The van der Waals surface area contributed by atoms with E-state index in [2.05, 4.69) is 106 Å². The lowest BCUT2D eigenvalue weighted by molar-refractivity contribution is 0.415. The Balaban J connectivity index is 1.47. The largest absolute Gasteiger partial charge is 0.497 e. The molecule has 0 N–H and O–H groups in total. The van der Waals surface area contributed by atoms with Crippen LogP contribution in [-0.2, 0) is 0 Å². The maximum absolute atomic E-state index is 5.36. The average Bonchev–Trinajstić information content (AvgIpc) is 3.41. The van der Waals surface area contributed by atoms with Crippen LogP contribution in [0.25, 0.3) is 20.9 Å². The molecule has 0 radical (unpaired) electrons. The van der Waals surface area contributed by atoms with E-state index in [1.165, 1.54) is 20.9 Å². The maximum Gasteiger partial charge on any atom is 0.119 e. The molecule has 1 aromatic heterocycles. The van der Waals surface area contributed by atoms with Gasteiger partial charge < -0.3 is 14.4 Å². The first-order valence-corrected chi connectivity index (χ1v) is 12.8. The minimum absolute atomic E-state index is 0.832. The van der Waals surface area contributed by atoms with Crippen LogP contribution in [0.15, 0.2) is 114 Å². The Hall–Kier alpha value is -3.54. The number of ether oxygens (including phenoxy) is 2. The van der Waals surface area contributed by atoms with Crippen molar-refractivity contribution >= 4 is 44.3 Å². The summed E-state index contributed by atoms with van der Waals surface area (Å²) in [6, 6.07) is 37.8.